The highest BCUT2D eigenvalue weighted by Crippen LogP contribution is 2.36. The smallest absolute Gasteiger partial charge is 0.289 e. The molecule has 1 aromatic carbocycles. The molecule has 1 amide bonds. The van der Waals surface area contributed by atoms with E-state index >= 15 is 0 Å². The van der Waals surface area contributed by atoms with Crippen LogP contribution in [0.15, 0.2) is 82.0 Å². The SMILES string of the molecule is CCCS(=O)(=O)c1c(S(=O)(=O)CCC)c2cc(-c3ccncc3)ccn2c1C(=O)N/N=C\c1cccc(F)c1. The summed E-state index contributed by atoms with van der Waals surface area (Å²) in [4.78, 5) is 16.5. The minimum absolute atomic E-state index is 0.0618. The molecule has 0 atom stereocenters. The average molecular weight is 571 g/mol. The lowest BCUT2D eigenvalue weighted by Gasteiger charge is -2.08. The predicted molar refractivity (Wildman–Crippen MR) is 147 cm³/mol. The predicted octanol–water partition coefficient (Wildman–Crippen LogP) is 4.27. The number of benzene rings is 1. The van der Waals surface area contributed by atoms with Crippen LogP contribution < -0.4 is 5.43 Å². The molecule has 12 heteroatoms. The summed E-state index contributed by atoms with van der Waals surface area (Å²) in [5.74, 6) is -2.09. The standard InChI is InChI=1S/C27H27FN4O5S2/c1-3-14-38(34,35)25-23-17-21(20-8-11-29-12-9-20)10-13-32(23)24(26(25)39(36,37)15-4-2)27(33)31-30-18-19-6-5-7-22(28)16-19/h5-13,16-18H,3-4,14-15H2,1-2H3,(H,31,33)/b30-18-. The van der Waals surface area contributed by atoms with Crippen molar-refractivity contribution in [1.29, 1.82) is 0 Å². The topological polar surface area (TPSA) is 127 Å². The molecule has 0 fully saturated rings. The Morgan fingerprint density at radius 2 is 1.62 bits per heavy atom. The molecule has 4 aromatic rings. The van der Waals surface area contributed by atoms with Gasteiger partial charge in [0.25, 0.3) is 5.91 Å². The molecule has 0 aliphatic heterocycles. The molecule has 3 aromatic heterocycles. The average Bonchev–Trinajstić information content (AvgIpc) is 3.26. The Hall–Kier alpha value is -3.90. The molecule has 4 rings (SSSR count). The lowest BCUT2D eigenvalue weighted by Crippen LogP contribution is -2.23. The van der Waals surface area contributed by atoms with Crippen LogP contribution in [0.2, 0.25) is 0 Å². The number of carbonyl (C=O) groups is 1. The number of sulfone groups is 2. The first kappa shape index (κ1) is 28.1. The largest absolute Gasteiger partial charge is 0.310 e. The van der Waals surface area contributed by atoms with Gasteiger partial charge in [-0.25, -0.2) is 26.7 Å². The molecule has 0 saturated heterocycles. The highest BCUT2D eigenvalue weighted by Gasteiger charge is 2.37. The lowest BCUT2D eigenvalue weighted by atomic mass is 10.1. The van der Waals surface area contributed by atoms with Crippen LogP contribution >= 0.6 is 0 Å². The van der Waals surface area contributed by atoms with Crippen LogP contribution in [0, 0.1) is 5.82 Å². The molecule has 39 heavy (non-hydrogen) atoms. The number of carbonyl (C=O) groups excluding carboxylic acids is 1. The van der Waals surface area contributed by atoms with Crippen molar-refractivity contribution >= 4 is 37.3 Å². The highest BCUT2D eigenvalue weighted by atomic mass is 32.2. The summed E-state index contributed by atoms with van der Waals surface area (Å²) < 4.78 is 68.9. The fourth-order valence-electron chi connectivity index (χ4n) is 4.28. The first-order valence-corrected chi connectivity index (χ1v) is 15.5. The van der Waals surface area contributed by atoms with Gasteiger partial charge in [0.15, 0.2) is 19.7 Å². The second kappa shape index (κ2) is 11.5. The van der Waals surface area contributed by atoms with Gasteiger partial charge in [-0.1, -0.05) is 26.0 Å². The van der Waals surface area contributed by atoms with E-state index in [1.54, 1.807) is 56.6 Å². The van der Waals surface area contributed by atoms with Crippen molar-refractivity contribution < 1.29 is 26.0 Å². The summed E-state index contributed by atoms with van der Waals surface area (Å²) in [5, 5.41) is 3.85. The molecule has 9 nitrogen and oxygen atoms in total. The number of rotatable bonds is 10. The van der Waals surface area contributed by atoms with E-state index in [2.05, 4.69) is 15.5 Å². The second-order valence-corrected chi connectivity index (χ2v) is 12.9. The number of hydrazone groups is 1. The molecule has 3 heterocycles. The van der Waals surface area contributed by atoms with E-state index in [-0.39, 0.29) is 35.6 Å². The van der Waals surface area contributed by atoms with Crippen LogP contribution in [0.25, 0.3) is 16.6 Å². The number of nitrogens with one attached hydrogen (secondary N) is 1. The van der Waals surface area contributed by atoms with E-state index in [0.29, 0.717) is 11.1 Å². The molecular weight excluding hydrogens is 543 g/mol. The summed E-state index contributed by atoms with van der Waals surface area (Å²) in [6.07, 6.45) is 6.29. The number of pyridine rings is 2. The van der Waals surface area contributed by atoms with Crippen molar-refractivity contribution in [3.63, 3.8) is 0 Å². The molecule has 0 radical (unpaired) electrons. The van der Waals surface area contributed by atoms with Crippen molar-refractivity contribution in [2.24, 2.45) is 5.10 Å². The quantitative estimate of drug-likeness (QED) is 0.224. The van der Waals surface area contributed by atoms with Gasteiger partial charge in [0.1, 0.15) is 21.3 Å². The van der Waals surface area contributed by atoms with E-state index in [1.807, 2.05) is 0 Å². The summed E-state index contributed by atoms with van der Waals surface area (Å²) >= 11 is 0. The maximum Gasteiger partial charge on any atom is 0.289 e. The third kappa shape index (κ3) is 5.91. The fourth-order valence-corrected chi connectivity index (χ4v) is 8.25. The van der Waals surface area contributed by atoms with Crippen LogP contribution in [-0.2, 0) is 19.7 Å². The number of fused-ring (bicyclic) bond motifs is 1. The highest BCUT2D eigenvalue weighted by molar-refractivity contribution is 7.94. The minimum Gasteiger partial charge on any atom is -0.310 e. The number of aromatic nitrogens is 2. The monoisotopic (exact) mass is 570 g/mol. The second-order valence-electron chi connectivity index (χ2n) is 8.81. The maximum atomic E-state index is 13.5. The fraction of sp³-hybridized carbons (Fsp3) is 0.222. The first-order chi connectivity index (χ1) is 18.6. The first-order valence-electron chi connectivity index (χ1n) is 12.2. The van der Waals surface area contributed by atoms with E-state index in [4.69, 9.17) is 0 Å². The summed E-state index contributed by atoms with van der Waals surface area (Å²) in [6.45, 7) is 3.32. The molecule has 0 spiro atoms. The lowest BCUT2D eigenvalue weighted by molar-refractivity contribution is 0.0945. The van der Waals surface area contributed by atoms with E-state index in [1.165, 1.54) is 35.0 Å². The third-order valence-corrected chi connectivity index (χ3v) is 9.95. The summed E-state index contributed by atoms with van der Waals surface area (Å²) in [7, 11) is -8.33. The van der Waals surface area contributed by atoms with Crippen LogP contribution in [0.1, 0.15) is 42.7 Å². The number of hydrogen-bond donors (Lipinski definition) is 1. The Labute approximate surface area is 226 Å². The molecule has 0 bridgehead atoms. The van der Waals surface area contributed by atoms with Crippen LogP contribution in [0.5, 0.6) is 0 Å². The van der Waals surface area contributed by atoms with E-state index in [0.717, 1.165) is 5.56 Å². The van der Waals surface area contributed by atoms with Crippen LogP contribution in [-0.4, -0.2) is 49.8 Å². The Kier molecular flexibility index (Phi) is 8.26. The van der Waals surface area contributed by atoms with Gasteiger partial charge in [-0.15, -0.1) is 0 Å². The van der Waals surface area contributed by atoms with Crippen molar-refractivity contribution in [3.05, 3.63) is 84.2 Å². The molecule has 0 saturated carbocycles. The van der Waals surface area contributed by atoms with Gasteiger partial charge in [0.05, 0.1) is 23.2 Å². The Morgan fingerprint density at radius 3 is 2.26 bits per heavy atom. The van der Waals surface area contributed by atoms with Crippen LogP contribution in [0.4, 0.5) is 4.39 Å². The molecule has 0 aliphatic carbocycles. The van der Waals surface area contributed by atoms with Gasteiger partial charge < -0.3 is 4.40 Å². The summed E-state index contributed by atoms with van der Waals surface area (Å²) in [5.41, 5.74) is 3.68. The Morgan fingerprint density at radius 1 is 0.949 bits per heavy atom. The van der Waals surface area contributed by atoms with Crippen molar-refractivity contribution in [2.75, 3.05) is 11.5 Å². The van der Waals surface area contributed by atoms with Gasteiger partial charge in [0.2, 0.25) is 0 Å². The number of hydrogen-bond acceptors (Lipinski definition) is 7. The Balaban J connectivity index is 1.97. The number of nitrogens with zero attached hydrogens (tertiary/aromatic N) is 3. The van der Waals surface area contributed by atoms with Gasteiger partial charge in [-0.2, -0.15) is 5.10 Å². The van der Waals surface area contributed by atoms with Gasteiger partial charge in [-0.3, -0.25) is 9.78 Å². The third-order valence-electron chi connectivity index (χ3n) is 5.87. The van der Waals surface area contributed by atoms with Gasteiger partial charge >= 0.3 is 0 Å². The molecule has 1 N–H and O–H groups in total. The van der Waals surface area contributed by atoms with Gasteiger partial charge in [0, 0.05) is 18.6 Å². The minimum atomic E-state index is -4.21. The van der Waals surface area contributed by atoms with E-state index < -0.39 is 41.2 Å². The number of amides is 1. The van der Waals surface area contributed by atoms with Crippen molar-refractivity contribution in [3.8, 4) is 11.1 Å². The summed E-state index contributed by atoms with van der Waals surface area (Å²) in [6, 6.07) is 12.2. The molecular formula is C27H27FN4O5S2. The van der Waals surface area contributed by atoms with Crippen LogP contribution in [0.3, 0.4) is 0 Å². The maximum absolute atomic E-state index is 13.5. The molecule has 0 unspecified atom stereocenters. The Bertz CT molecular complexity index is 1770. The van der Waals surface area contributed by atoms with Crippen molar-refractivity contribution in [2.45, 2.75) is 36.5 Å². The normalized spacial score (nSPS) is 12.3. The van der Waals surface area contributed by atoms with Gasteiger partial charge in [-0.05, 0) is 65.9 Å². The number of halogens is 1. The zero-order valence-corrected chi connectivity index (χ0v) is 23.0. The van der Waals surface area contributed by atoms with Crippen molar-refractivity contribution in [1.82, 2.24) is 14.8 Å². The molecule has 204 valence electrons. The zero-order chi connectivity index (χ0) is 28.2. The zero-order valence-electron chi connectivity index (χ0n) is 21.3. The van der Waals surface area contributed by atoms with E-state index in [9.17, 15) is 26.0 Å². The molecule has 0 aliphatic rings.